The van der Waals surface area contributed by atoms with Gasteiger partial charge in [0.2, 0.25) is 5.91 Å². The largest absolute Gasteiger partial charge is 0.497 e. The molecule has 1 fully saturated rings. The van der Waals surface area contributed by atoms with Gasteiger partial charge in [0.05, 0.1) is 17.8 Å². The highest BCUT2D eigenvalue weighted by Gasteiger charge is 2.24. The molecule has 33 heavy (non-hydrogen) atoms. The summed E-state index contributed by atoms with van der Waals surface area (Å²) >= 11 is 1.34. The Labute approximate surface area is 195 Å². The minimum Gasteiger partial charge on any atom is -0.497 e. The molecule has 0 unspecified atom stereocenters. The van der Waals surface area contributed by atoms with E-state index in [4.69, 9.17) is 4.74 Å². The van der Waals surface area contributed by atoms with E-state index in [1.165, 1.54) is 23.9 Å². The number of ether oxygens (including phenoxy) is 1. The van der Waals surface area contributed by atoms with E-state index >= 15 is 0 Å². The molecule has 10 heteroatoms. The van der Waals surface area contributed by atoms with Gasteiger partial charge < -0.3 is 9.64 Å². The van der Waals surface area contributed by atoms with Gasteiger partial charge in [-0.25, -0.2) is 0 Å². The van der Waals surface area contributed by atoms with Gasteiger partial charge in [-0.2, -0.15) is 0 Å². The van der Waals surface area contributed by atoms with Crippen molar-refractivity contribution in [1.82, 2.24) is 19.7 Å². The number of nitro groups is 1. The van der Waals surface area contributed by atoms with Gasteiger partial charge in [-0.05, 0) is 62.6 Å². The summed E-state index contributed by atoms with van der Waals surface area (Å²) in [5.74, 6) is 1.61. The number of methoxy groups -OCH3 is 1. The Morgan fingerprint density at radius 1 is 1.15 bits per heavy atom. The maximum absolute atomic E-state index is 12.9. The summed E-state index contributed by atoms with van der Waals surface area (Å²) in [7, 11) is 1.60. The average molecular weight is 468 g/mol. The van der Waals surface area contributed by atoms with E-state index in [2.05, 4.69) is 17.1 Å². The van der Waals surface area contributed by atoms with Crippen LogP contribution in [0.1, 0.15) is 26.2 Å². The molecule has 9 nitrogen and oxygen atoms in total. The van der Waals surface area contributed by atoms with Crippen LogP contribution >= 0.6 is 11.8 Å². The number of aromatic nitrogens is 3. The first-order chi connectivity index (χ1) is 16.0. The summed E-state index contributed by atoms with van der Waals surface area (Å²) in [6.45, 7) is 2.88. The van der Waals surface area contributed by atoms with Crippen LogP contribution in [0, 0.1) is 10.1 Å². The van der Waals surface area contributed by atoms with Crippen molar-refractivity contribution in [2.75, 3.05) is 19.4 Å². The maximum atomic E-state index is 12.9. The fraction of sp³-hybridized carbons (Fsp3) is 0.348. The van der Waals surface area contributed by atoms with Gasteiger partial charge in [-0.3, -0.25) is 19.5 Å². The van der Waals surface area contributed by atoms with Crippen molar-refractivity contribution in [2.45, 2.75) is 37.4 Å². The number of piperidine rings is 1. The highest BCUT2D eigenvalue weighted by atomic mass is 32.2. The normalized spacial score (nSPS) is 15.9. The molecule has 1 aliphatic heterocycles. The van der Waals surface area contributed by atoms with Crippen LogP contribution in [-0.2, 0) is 4.79 Å². The Morgan fingerprint density at radius 2 is 1.88 bits per heavy atom. The molecule has 1 atom stereocenters. The number of thioether (sulfide) groups is 1. The molecule has 0 bridgehead atoms. The summed E-state index contributed by atoms with van der Waals surface area (Å²) in [6, 6.07) is 13.9. The molecular formula is C23H25N5O4S. The van der Waals surface area contributed by atoms with Crippen molar-refractivity contribution < 1.29 is 14.5 Å². The van der Waals surface area contributed by atoms with Gasteiger partial charge in [0.15, 0.2) is 11.0 Å². The molecule has 1 aromatic heterocycles. The van der Waals surface area contributed by atoms with E-state index in [1.54, 1.807) is 19.2 Å². The van der Waals surface area contributed by atoms with Crippen LogP contribution in [0.3, 0.4) is 0 Å². The van der Waals surface area contributed by atoms with Crippen LogP contribution in [-0.4, -0.2) is 55.9 Å². The zero-order chi connectivity index (χ0) is 23.4. The third kappa shape index (κ3) is 5.00. The van der Waals surface area contributed by atoms with Gasteiger partial charge in [-0.1, -0.05) is 11.8 Å². The van der Waals surface area contributed by atoms with E-state index in [0.29, 0.717) is 22.3 Å². The topological polar surface area (TPSA) is 103 Å². The van der Waals surface area contributed by atoms with Crippen LogP contribution in [0.4, 0.5) is 5.69 Å². The number of amides is 1. The molecule has 2 heterocycles. The highest BCUT2D eigenvalue weighted by molar-refractivity contribution is 7.99. The number of rotatable bonds is 7. The number of carbonyl (C=O) groups excluding carboxylic acids is 1. The molecule has 0 aliphatic carbocycles. The molecule has 172 valence electrons. The van der Waals surface area contributed by atoms with Crippen molar-refractivity contribution >= 4 is 23.4 Å². The summed E-state index contributed by atoms with van der Waals surface area (Å²) in [5, 5.41) is 20.3. The fourth-order valence-corrected chi connectivity index (χ4v) is 4.76. The zero-order valence-electron chi connectivity index (χ0n) is 18.5. The Balaban J connectivity index is 1.64. The number of nitro benzene ring substituents is 1. The van der Waals surface area contributed by atoms with Crippen LogP contribution in [0.25, 0.3) is 17.1 Å². The predicted octanol–water partition coefficient (Wildman–Crippen LogP) is 4.34. The van der Waals surface area contributed by atoms with Crippen LogP contribution in [0.5, 0.6) is 5.75 Å². The fourth-order valence-electron chi connectivity index (χ4n) is 3.92. The third-order valence-electron chi connectivity index (χ3n) is 5.75. The Morgan fingerprint density at radius 3 is 2.52 bits per heavy atom. The van der Waals surface area contributed by atoms with Gasteiger partial charge in [0.1, 0.15) is 5.75 Å². The van der Waals surface area contributed by atoms with Gasteiger partial charge in [-0.15, -0.1) is 10.2 Å². The Hall–Kier alpha value is -3.40. The van der Waals surface area contributed by atoms with Crippen molar-refractivity contribution in [3.8, 4) is 22.8 Å². The first-order valence-electron chi connectivity index (χ1n) is 10.7. The van der Waals surface area contributed by atoms with Crippen LogP contribution < -0.4 is 4.74 Å². The lowest BCUT2D eigenvalue weighted by molar-refractivity contribution is -0.384. The van der Waals surface area contributed by atoms with E-state index in [-0.39, 0.29) is 23.4 Å². The summed E-state index contributed by atoms with van der Waals surface area (Å²) in [5.41, 5.74) is 1.49. The third-order valence-corrected chi connectivity index (χ3v) is 6.66. The second kappa shape index (κ2) is 10.0. The lowest BCUT2D eigenvalue weighted by atomic mass is 10.0. The molecule has 1 saturated heterocycles. The lowest BCUT2D eigenvalue weighted by Crippen LogP contribution is -2.42. The van der Waals surface area contributed by atoms with E-state index in [1.807, 2.05) is 33.7 Å². The molecule has 1 amide bonds. The van der Waals surface area contributed by atoms with Crippen molar-refractivity contribution in [1.29, 1.82) is 0 Å². The number of carbonyl (C=O) groups is 1. The number of hydrogen-bond donors (Lipinski definition) is 0. The maximum Gasteiger partial charge on any atom is 0.269 e. The van der Waals surface area contributed by atoms with Gasteiger partial charge >= 0.3 is 0 Å². The minimum absolute atomic E-state index is 0.00473. The summed E-state index contributed by atoms with van der Waals surface area (Å²) in [4.78, 5) is 25.4. The average Bonchev–Trinajstić information content (AvgIpc) is 3.27. The molecule has 0 radical (unpaired) electrons. The van der Waals surface area contributed by atoms with Gasteiger partial charge in [0, 0.05) is 36.0 Å². The lowest BCUT2D eigenvalue weighted by Gasteiger charge is -2.33. The molecule has 0 spiro atoms. The number of benzene rings is 2. The second-order valence-electron chi connectivity index (χ2n) is 7.86. The summed E-state index contributed by atoms with van der Waals surface area (Å²) in [6.07, 6.45) is 3.22. The number of nitrogens with zero attached hydrogens (tertiary/aromatic N) is 5. The second-order valence-corrected chi connectivity index (χ2v) is 8.81. The van der Waals surface area contributed by atoms with E-state index in [0.717, 1.165) is 31.5 Å². The summed E-state index contributed by atoms with van der Waals surface area (Å²) < 4.78 is 7.12. The quantitative estimate of drug-likeness (QED) is 0.289. The van der Waals surface area contributed by atoms with Gasteiger partial charge in [0.25, 0.3) is 5.69 Å². The van der Waals surface area contributed by atoms with E-state index < -0.39 is 4.92 Å². The smallest absolute Gasteiger partial charge is 0.269 e. The molecule has 4 rings (SSSR count). The first kappa shape index (κ1) is 22.8. The monoisotopic (exact) mass is 467 g/mol. The Kier molecular flexibility index (Phi) is 6.93. The van der Waals surface area contributed by atoms with Crippen molar-refractivity contribution in [3.05, 3.63) is 58.6 Å². The molecular weight excluding hydrogens is 442 g/mol. The van der Waals surface area contributed by atoms with Crippen molar-refractivity contribution in [3.63, 3.8) is 0 Å². The SMILES string of the molecule is COc1ccc(-n2c(SCC(=O)N3CCCC[C@@H]3C)nnc2-c2ccc([N+](=O)[O-])cc2)cc1. The predicted molar refractivity (Wildman–Crippen MR) is 126 cm³/mol. The Bertz CT molecular complexity index is 1130. The number of likely N-dealkylation sites (tertiary alicyclic amines) is 1. The molecule has 1 aliphatic rings. The van der Waals surface area contributed by atoms with Crippen molar-refractivity contribution in [2.24, 2.45) is 0 Å². The molecule has 3 aromatic rings. The number of non-ortho nitro benzene ring substituents is 1. The molecule has 0 saturated carbocycles. The first-order valence-corrected chi connectivity index (χ1v) is 11.7. The minimum atomic E-state index is -0.438. The highest BCUT2D eigenvalue weighted by Crippen LogP contribution is 2.30. The molecule has 2 aromatic carbocycles. The number of hydrogen-bond acceptors (Lipinski definition) is 7. The van der Waals surface area contributed by atoms with E-state index in [9.17, 15) is 14.9 Å². The zero-order valence-corrected chi connectivity index (χ0v) is 19.3. The molecule has 0 N–H and O–H groups in total. The standard InChI is InChI=1S/C23H25N5O4S/c1-16-5-3-4-14-26(16)21(29)15-33-23-25-24-22(17-6-8-19(9-7-17)28(30)31)27(23)18-10-12-20(32-2)13-11-18/h6-13,16H,3-5,14-15H2,1-2H3/t16-/m0/s1. The van der Waals surface area contributed by atoms with Crippen LogP contribution in [0.15, 0.2) is 53.7 Å². The van der Waals surface area contributed by atoms with Crippen LogP contribution in [0.2, 0.25) is 0 Å².